The standard InChI is InChI=1S/C18H22N2O/c1-15-6-8-16(9-7-15)10-11-18(21)20(2)14-12-17-5-3-4-13-19-17/h3-9,13H,10-12,14H2,1-2H3. The van der Waals surface area contributed by atoms with Crippen LogP contribution in [-0.4, -0.2) is 29.4 Å². The molecule has 0 saturated heterocycles. The molecule has 0 aliphatic carbocycles. The van der Waals surface area contributed by atoms with Crippen LogP contribution in [0.2, 0.25) is 0 Å². The van der Waals surface area contributed by atoms with Gasteiger partial charge in [-0.3, -0.25) is 9.78 Å². The van der Waals surface area contributed by atoms with Crippen LogP contribution in [0.15, 0.2) is 48.7 Å². The Balaban J connectivity index is 1.76. The summed E-state index contributed by atoms with van der Waals surface area (Å²) >= 11 is 0. The van der Waals surface area contributed by atoms with Crippen molar-refractivity contribution < 1.29 is 4.79 Å². The number of nitrogens with zero attached hydrogens (tertiary/aromatic N) is 2. The molecule has 110 valence electrons. The van der Waals surface area contributed by atoms with Gasteiger partial charge >= 0.3 is 0 Å². The predicted molar refractivity (Wildman–Crippen MR) is 85.1 cm³/mol. The Morgan fingerprint density at radius 3 is 2.52 bits per heavy atom. The van der Waals surface area contributed by atoms with E-state index < -0.39 is 0 Å². The SMILES string of the molecule is Cc1ccc(CCC(=O)N(C)CCc2ccccn2)cc1. The second-order valence-corrected chi connectivity index (χ2v) is 5.37. The van der Waals surface area contributed by atoms with Gasteiger partial charge in [-0.2, -0.15) is 0 Å². The van der Waals surface area contributed by atoms with E-state index in [1.54, 1.807) is 11.1 Å². The Labute approximate surface area is 126 Å². The van der Waals surface area contributed by atoms with Gasteiger partial charge in [-0.15, -0.1) is 0 Å². The highest BCUT2D eigenvalue weighted by Crippen LogP contribution is 2.07. The lowest BCUT2D eigenvalue weighted by Gasteiger charge is -2.17. The van der Waals surface area contributed by atoms with E-state index in [0.29, 0.717) is 13.0 Å². The van der Waals surface area contributed by atoms with Crippen LogP contribution in [0.25, 0.3) is 0 Å². The Bertz CT molecular complexity index is 564. The Hall–Kier alpha value is -2.16. The van der Waals surface area contributed by atoms with Gasteiger partial charge in [0.1, 0.15) is 0 Å². The number of amides is 1. The number of aromatic nitrogens is 1. The number of carbonyl (C=O) groups is 1. The lowest BCUT2D eigenvalue weighted by Crippen LogP contribution is -2.29. The number of pyridine rings is 1. The Kier molecular flexibility index (Phi) is 5.50. The van der Waals surface area contributed by atoms with Crippen molar-refractivity contribution in [2.24, 2.45) is 0 Å². The summed E-state index contributed by atoms with van der Waals surface area (Å²) in [5, 5.41) is 0. The van der Waals surface area contributed by atoms with E-state index in [1.165, 1.54) is 11.1 Å². The zero-order valence-electron chi connectivity index (χ0n) is 12.7. The van der Waals surface area contributed by atoms with Crippen molar-refractivity contribution in [2.75, 3.05) is 13.6 Å². The van der Waals surface area contributed by atoms with Gasteiger partial charge in [-0.05, 0) is 31.0 Å². The molecule has 0 radical (unpaired) electrons. The van der Waals surface area contributed by atoms with Crippen molar-refractivity contribution in [3.05, 3.63) is 65.5 Å². The Morgan fingerprint density at radius 2 is 1.86 bits per heavy atom. The number of rotatable bonds is 6. The molecular formula is C18H22N2O. The van der Waals surface area contributed by atoms with Gasteiger partial charge in [0.15, 0.2) is 0 Å². The fourth-order valence-corrected chi connectivity index (χ4v) is 2.15. The average Bonchev–Trinajstić information content (AvgIpc) is 2.52. The summed E-state index contributed by atoms with van der Waals surface area (Å²) in [6, 6.07) is 14.2. The topological polar surface area (TPSA) is 33.2 Å². The average molecular weight is 282 g/mol. The summed E-state index contributed by atoms with van der Waals surface area (Å²) < 4.78 is 0. The van der Waals surface area contributed by atoms with Crippen molar-refractivity contribution in [2.45, 2.75) is 26.2 Å². The van der Waals surface area contributed by atoms with Gasteiger partial charge in [-0.25, -0.2) is 0 Å². The molecule has 0 bridgehead atoms. The number of hydrogen-bond acceptors (Lipinski definition) is 2. The lowest BCUT2D eigenvalue weighted by atomic mass is 10.1. The first kappa shape index (κ1) is 15.2. The van der Waals surface area contributed by atoms with Crippen LogP contribution in [0.3, 0.4) is 0 Å². The highest BCUT2D eigenvalue weighted by atomic mass is 16.2. The van der Waals surface area contributed by atoms with E-state index >= 15 is 0 Å². The van der Waals surface area contributed by atoms with E-state index in [0.717, 1.165) is 18.5 Å². The van der Waals surface area contributed by atoms with Crippen LogP contribution in [0.4, 0.5) is 0 Å². The van der Waals surface area contributed by atoms with Crippen LogP contribution in [0.1, 0.15) is 23.2 Å². The first-order valence-electron chi connectivity index (χ1n) is 7.34. The number of benzene rings is 1. The molecule has 2 aromatic rings. The van der Waals surface area contributed by atoms with Crippen molar-refractivity contribution >= 4 is 5.91 Å². The smallest absolute Gasteiger partial charge is 0.222 e. The summed E-state index contributed by atoms with van der Waals surface area (Å²) in [5.74, 6) is 0.187. The first-order valence-corrected chi connectivity index (χ1v) is 7.34. The molecule has 0 aliphatic heterocycles. The molecule has 3 heteroatoms. The second-order valence-electron chi connectivity index (χ2n) is 5.37. The molecular weight excluding hydrogens is 260 g/mol. The molecule has 1 aromatic heterocycles. The molecule has 1 aromatic carbocycles. The largest absolute Gasteiger partial charge is 0.345 e. The highest BCUT2D eigenvalue weighted by Gasteiger charge is 2.09. The summed E-state index contributed by atoms with van der Waals surface area (Å²) in [4.78, 5) is 18.2. The van der Waals surface area contributed by atoms with Crippen LogP contribution in [0, 0.1) is 6.92 Å². The fourth-order valence-electron chi connectivity index (χ4n) is 2.15. The lowest BCUT2D eigenvalue weighted by molar-refractivity contribution is -0.129. The zero-order chi connectivity index (χ0) is 15.1. The Morgan fingerprint density at radius 1 is 1.10 bits per heavy atom. The fraction of sp³-hybridized carbons (Fsp3) is 0.333. The van der Waals surface area contributed by atoms with Crippen molar-refractivity contribution in [1.29, 1.82) is 0 Å². The highest BCUT2D eigenvalue weighted by molar-refractivity contribution is 5.76. The molecule has 2 rings (SSSR count). The maximum absolute atomic E-state index is 12.1. The molecule has 0 N–H and O–H groups in total. The number of aryl methyl sites for hydroxylation is 2. The molecule has 0 spiro atoms. The molecule has 1 heterocycles. The second kappa shape index (κ2) is 7.58. The molecule has 3 nitrogen and oxygen atoms in total. The molecule has 0 unspecified atom stereocenters. The molecule has 0 fully saturated rings. The van der Waals surface area contributed by atoms with Crippen LogP contribution in [0.5, 0.6) is 0 Å². The molecule has 0 aliphatic rings. The van der Waals surface area contributed by atoms with E-state index in [2.05, 4.69) is 36.2 Å². The third-order valence-corrected chi connectivity index (χ3v) is 3.60. The van der Waals surface area contributed by atoms with Crippen LogP contribution < -0.4 is 0 Å². The van der Waals surface area contributed by atoms with Gasteiger partial charge in [0.25, 0.3) is 0 Å². The third kappa shape index (κ3) is 5.03. The van der Waals surface area contributed by atoms with E-state index in [-0.39, 0.29) is 5.91 Å². The van der Waals surface area contributed by atoms with Gasteiger partial charge in [-0.1, -0.05) is 35.9 Å². The first-order chi connectivity index (χ1) is 10.1. The summed E-state index contributed by atoms with van der Waals surface area (Å²) in [6.07, 6.45) is 3.94. The van der Waals surface area contributed by atoms with Crippen molar-refractivity contribution in [3.63, 3.8) is 0 Å². The monoisotopic (exact) mass is 282 g/mol. The maximum Gasteiger partial charge on any atom is 0.222 e. The molecule has 0 saturated carbocycles. The van der Waals surface area contributed by atoms with Crippen LogP contribution >= 0.6 is 0 Å². The predicted octanol–water partition coefficient (Wildman–Crippen LogP) is 3.02. The minimum atomic E-state index is 0.187. The van der Waals surface area contributed by atoms with Gasteiger partial charge in [0, 0.05) is 38.3 Å². The van der Waals surface area contributed by atoms with E-state index in [4.69, 9.17) is 0 Å². The third-order valence-electron chi connectivity index (χ3n) is 3.60. The van der Waals surface area contributed by atoms with Crippen molar-refractivity contribution in [1.82, 2.24) is 9.88 Å². The minimum absolute atomic E-state index is 0.187. The van der Waals surface area contributed by atoms with Crippen LogP contribution in [-0.2, 0) is 17.6 Å². The zero-order valence-corrected chi connectivity index (χ0v) is 12.7. The van der Waals surface area contributed by atoms with E-state index in [1.807, 2.05) is 25.2 Å². The maximum atomic E-state index is 12.1. The molecule has 0 atom stereocenters. The number of hydrogen-bond donors (Lipinski definition) is 0. The van der Waals surface area contributed by atoms with Gasteiger partial charge < -0.3 is 4.90 Å². The van der Waals surface area contributed by atoms with E-state index in [9.17, 15) is 4.79 Å². The quantitative estimate of drug-likeness (QED) is 0.816. The van der Waals surface area contributed by atoms with Gasteiger partial charge in [0.2, 0.25) is 5.91 Å². The summed E-state index contributed by atoms with van der Waals surface area (Å²) in [6.45, 7) is 2.78. The molecule has 21 heavy (non-hydrogen) atoms. The number of likely N-dealkylation sites (N-methyl/N-ethyl adjacent to an activating group) is 1. The normalized spacial score (nSPS) is 10.4. The minimum Gasteiger partial charge on any atom is -0.345 e. The summed E-state index contributed by atoms with van der Waals surface area (Å²) in [5.41, 5.74) is 3.49. The van der Waals surface area contributed by atoms with Gasteiger partial charge in [0.05, 0.1) is 0 Å². The number of carbonyl (C=O) groups excluding carboxylic acids is 1. The molecule has 1 amide bonds. The summed E-state index contributed by atoms with van der Waals surface area (Å²) in [7, 11) is 1.86. The van der Waals surface area contributed by atoms with Crippen molar-refractivity contribution in [3.8, 4) is 0 Å².